The summed E-state index contributed by atoms with van der Waals surface area (Å²) < 4.78 is 5.93. The van der Waals surface area contributed by atoms with Crippen LogP contribution in [-0.4, -0.2) is 17.2 Å². The van der Waals surface area contributed by atoms with Gasteiger partial charge in [-0.05, 0) is 30.7 Å². The van der Waals surface area contributed by atoms with E-state index in [-0.39, 0.29) is 12.0 Å². The number of rotatable bonds is 8. The molecule has 0 heterocycles. The molecule has 0 amide bonds. The highest BCUT2D eigenvalue weighted by Crippen LogP contribution is 2.24. The third-order valence-electron chi connectivity index (χ3n) is 3.57. The van der Waals surface area contributed by atoms with Crippen molar-refractivity contribution in [2.75, 3.05) is 0 Å². The molecule has 1 aromatic carbocycles. The van der Waals surface area contributed by atoms with Crippen LogP contribution in [0.4, 0.5) is 0 Å². The summed E-state index contributed by atoms with van der Waals surface area (Å²) in [4.78, 5) is 11.3. The first-order valence-electron chi connectivity index (χ1n) is 7.30. The lowest BCUT2D eigenvalue weighted by Crippen LogP contribution is -2.34. The molecule has 1 rings (SSSR count). The highest BCUT2D eigenvalue weighted by Gasteiger charge is 2.29. The van der Waals surface area contributed by atoms with E-state index in [1.54, 1.807) is 6.92 Å². The van der Waals surface area contributed by atoms with E-state index in [1.807, 2.05) is 30.3 Å². The zero-order chi connectivity index (χ0) is 15.1. The fourth-order valence-electron chi connectivity index (χ4n) is 2.59. The van der Waals surface area contributed by atoms with E-state index in [4.69, 9.17) is 4.74 Å². The predicted molar refractivity (Wildman–Crippen MR) is 80.4 cm³/mol. The lowest BCUT2D eigenvalue weighted by Gasteiger charge is -2.28. The van der Waals surface area contributed by atoms with Crippen molar-refractivity contribution in [1.82, 2.24) is 0 Å². The SMILES string of the molecule is CC(C)C[C@H](C)[C@@H](OCc1ccccc1)[C@@H](C)C(=O)O. The standard InChI is InChI=1S/C17H26O3/c1-12(2)10-13(3)16(14(4)17(18)19)20-11-15-8-6-5-7-9-15/h5-9,12-14,16H,10-11H2,1-4H3,(H,18,19)/t13-,14+,16+/m0/s1. The third-order valence-corrected chi connectivity index (χ3v) is 3.57. The Bertz CT molecular complexity index is 400. The molecule has 3 heteroatoms. The zero-order valence-electron chi connectivity index (χ0n) is 12.9. The molecule has 0 aliphatic carbocycles. The fraction of sp³-hybridized carbons (Fsp3) is 0.588. The van der Waals surface area contributed by atoms with Gasteiger partial charge < -0.3 is 9.84 Å². The van der Waals surface area contributed by atoms with E-state index >= 15 is 0 Å². The normalized spacial score (nSPS) is 15.8. The Balaban J connectivity index is 2.69. The minimum absolute atomic E-state index is 0.227. The molecule has 0 unspecified atom stereocenters. The fourth-order valence-corrected chi connectivity index (χ4v) is 2.59. The topological polar surface area (TPSA) is 46.5 Å². The Labute approximate surface area is 122 Å². The zero-order valence-corrected chi connectivity index (χ0v) is 12.9. The first-order valence-corrected chi connectivity index (χ1v) is 7.30. The van der Waals surface area contributed by atoms with Crippen LogP contribution < -0.4 is 0 Å². The molecule has 0 bridgehead atoms. The van der Waals surface area contributed by atoms with E-state index in [1.165, 1.54) is 0 Å². The van der Waals surface area contributed by atoms with Crippen LogP contribution in [0.1, 0.15) is 39.7 Å². The minimum atomic E-state index is -0.793. The molecule has 1 aromatic rings. The summed E-state index contributed by atoms with van der Waals surface area (Å²) in [6.45, 7) is 8.57. The highest BCUT2D eigenvalue weighted by molar-refractivity contribution is 5.70. The number of carbonyl (C=O) groups is 1. The number of aliphatic carboxylic acids is 1. The molecule has 0 saturated heterocycles. The van der Waals surface area contributed by atoms with Crippen LogP contribution in [0.3, 0.4) is 0 Å². The van der Waals surface area contributed by atoms with Crippen molar-refractivity contribution in [3.05, 3.63) is 35.9 Å². The van der Waals surface area contributed by atoms with Gasteiger partial charge in [0.25, 0.3) is 0 Å². The lowest BCUT2D eigenvalue weighted by molar-refractivity contribution is -0.149. The molecule has 0 spiro atoms. The van der Waals surface area contributed by atoms with Crippen LogP contribution >= 0.6 is 0 Å². The maximum absolute atomic E-state index is 11.3. The van der Waals surface area contributed by atoms with E-state index in [2.05, 4.69) is 20.8 Å². The average Bonchev–Trinajstić information content (AvgIpc) is 2.39. The van der Waals surface area contributed by atoms with Crippen molar-refractivity contribution in [1.29, 1.82) is 0 Å². The van der Waals surface area contributed by atoms with E-state index < -0.39 is 11.9 Å². The third kappa shape index (κ3) is 5.33. The van der Waals surface area contributed by atoms with Gasteiger partial charge in [0, 0.05) is 0 Å². The number of ether oxygens (including phenoxy) is 1. The van der Waals surface area contributed by atoms with Crippen LogP contribution in [0.25, 0.3) is 0 Å². The van der Waals surface area contributed by atoms with Crippen LogP contribution in [0.5, 0.6) is 0 Å². The Morgan fingerprint density at radius 1 is 1.15 bits per heavy atom. The number of benzene rings is 1. The summed E-state index contributed by atoms with van der Waals surface area (Å²) in [5, 5.41) is 9.25. The Hall–Kier alpha value is -1.35. The van der Waals surface area contributed by atoms with E-state index in [0.717, 1.165) is 12.0 Å². The van der Waals surface area contributed by atoms with Gasteiger partial charge in [-0.3, -0.25) is 4.79 Å². The second-order valence-corrected chi connectivity index (χ2v) is 5.99. The molecule has 0 saturated carbocycles. The number of carboxylic acids is 1. The largest absolute Gasteiger partial charge is 0.481 e. The second-order valence-electron chi connectivity index (χ2n) is 5.99. The minimum Gasteiger partial charge on any atom is -0.481 e. The van der Waals surface area contributed by atoms with Crippen molar-refractivity contribution in [3.8, 4) is 0 Å². The lowest BCUT2D eigenvalue weighted by atomic mass is 9.87. The van der Waals surface area contributed by atoms with Crippen molar-refractivity contribution >= 4 is 5.97 Å². The predicted octanol–water partition coefficient (Wildman–Crippen LogP) is 3.97. The Morgan fingerprint density at radius 3 is 2.25 bits per heavy atom. The number of hydrogen-bond donors (Lipinski definition) is 1. The molecule has 1 N–H and O–H groups in total. The Morgan fingerprint density at radius 2 is 1.75 bits per heavy atom. The van der Waals surface area contributed by atoms with Gasteiger partial charge in [-0.2, -0.15) is 0 Å². The molecule has 3 atom stereocenters. The second kappa shape index (κ2) is 8.05. The smallest absolute Gasteiger partial charge is 0.308 e. The van der Waals surface area contributed by atoms with Crippen molar-refractivity contribution < 1.29 is 14.6 Å². The summed E-state index contributed by atoms with van der Waals surface area (Å²) in [5.74, 6) is -0.523. The molecule has 0 aliphatic rings. The summed E-state index contributed by atoms with van der Waals surface area (Å²) in [6.07, 6.45) is 0.715. The summed E-state index contributed by atoms with van der Waals surface area (Å²) in [6, 6.07) is 9.88. The van der Waals surface area contributed by atoms with Gasteiger partial charge >= 0.3 is 5.97 Å². The number of carboxylic acid groups (broad SMARTS) is 1. The van der Waals surface area contributed by atoms with Gasteiger partial charge in [0.2, 0.25) is 0 Å². The van der Waals surface area contributed by atoms with Crippen molar-refractivity contribution in [3.63, 3.8) is 0 Å². The van der Waals surface area contributed by atoms with Crippen molar-refractivity contribution in [2.24, 2.45) is 17.8 Å². The van der Waals surface area contributed by atoms with Gasteiger partial charge in [-0.15, -0.1) is 0 Å². The Kier molecular flexibility index (Phi) is 6.73. The van der Waals surface area contributed by atoms with Crippen LogP contribution in [-0.2, 0) is 16.1 Å². The molecule has 0 aromatic heterocycles. The molecule has 20 heavy (non-hydrogen) atoms. The average molecular weight is 278 g/mol. The van der Waals surface area contributed by atoms with Gasteiger partial charge in [0.15, 0.2) is 0 Å². The molecule has 0 fully saturated rings. The van der Waals surface area contributed by atoms with E-state index in [9.17, 15) is 9.90 Å². The van der Waals surface area contributed by atoms with Crippen LogP contribution in [0.15, 0.2) is 30.3 Å². The number of hydrogen-bond acceptors (Lipinski definition) is 2. The first kappa shape index (κ1) is 16.7. The van der Waals surface area contributed by atoms with Gasteiger partial charge in [-0.1, -0.05) is 51.1 Å². The molecular formula is C17H26O3. The summed E-state index contributed by atoms with van der Waals surface area (Å²) in [7, 11) is 0. The first-order chi connectivity index (χ1) is 9.41. The van der Waals surface area contributed by atoms with Crippen LogP contribution in [0, 0.1) is 17.8 Å². The van der Waals surface area contributed by atoms with Gasteiger partial charge in [-0.25, -0.2) is 0 Å². The van der Waals surface area contributed by atoms with Gasteiger partial charge in [0.05, 0.1) is 18.6 Å². The summed E-state index contributed by atoms with van der Waals surface area (Å²) >= 11 is 0. The molecule has 112 valence electrons. The molecular weight excluding hydrogens is 252 g/mol. The maximum atomic E-state index is 11.3. The maximum Gasteiger partial charge on any atom is 0.308 e. The quantitative estimate of drug-likeness (QED) is 0.782. The van der Waals surface area contributed by atoms with E-state index in [0.29, 0.717) is 12.5 Å². The summed E-state index contributed by atoms with van der Waals surface area (Å²) in [5.41, 5.74) is 1.08. The molecule has 0 aliphatic heterocycles. The molecule has 3 nitrogen and oxygen atoms in total. The molecule has 0 radical (unpaired) electrons. The van der Waals surface area contributed by atoms with Crippen LogP contribution in [0.2, 0.25) is 0 Å². The monoisotopic (exact) mass is 278 g/mol. The van der Waals surface area contributed by atoms with Crippen molar-refractivity contribution in [2.45, 2.75) is 46.8 Å². The highest BCUT2D eigenvalue weighted by atomic mass is 16.5. The van der Waals surface area contributed by atoms with Gasteiger partial charge in [0.1, 0.15) is 0 Å².